The second-order valence-corrected chi connectivity index (χ2v) is 6.77. The van der Waals surface area contributed by atoms with E-state index in [1.807, 2.05) is 55.5 Å². The Bertz CT molecular complexity index is 1080. The summed E-state index contributed by atoms with van der Waals surface area (Å²) in [5.41, 5.74) is 2.68. The molecule has 0 saturated carbocycles. The summed E-state index contributed by atoms with van der Waals surface area (Å²) < 4.78 is 14.5. The molecule has 2 aromatic heterocycles. The van der Waals surface area contributed by atoms with Crippen LogP contribution in [0.25, 0.3) is 10.2 Å². The second-order valence-electron chi connectivity index (χ2n) is 5.76. The van der Waals surface area contributed by atoms with Crippen molar-refractivity contribution in [1.82, 2.24) is 9.97 Å². The second kappa shape index (κ2) is 6.65. The molecule has 0 radical (unpaired) electrons. The zero-order chi connectivity index (χ0) is 18.1. The normalized spacial score (nSPS) is 10.8. The van der Waals surface area contributed by atoms with Crippen LogP contribution in [0.1, 0.15) is 15.9 Å². The minimum absolute atomic E-state index is 0.222. The lowest BCUT2D eigenvalue weighted by Gasteiger charge is -2.22. The number of aromatic nitrogens is 2. The zero-order valence-electron chi connectivity index (χ0n) is 13.9. The summed E-state index contributed by atoms with van der Waals surface area (Å²) in [6.45, 7) is 1.93. The largest absolute Gasteiger partial charge is 0.268 e. The molecule has 2 aromatic carbocycles. The zero-order valence-corrected chi connectivity index (χ0v) is 14.7. The summed E-state index contributed by atoms with van der Waals surface area (Å²) in [5, 5.41) is 0.544. The Morgan fingerprint density at radius 2 is 1.85 bits per heavy atom. The Kier molecular flexibility index (Phi) is 4.18. The van der Waals surface area contributed by atoms with Crippen molar-refractivity contribution in [2.45, 2.75) is 6.92 Å². The van der Waals surface area contributed by atoms with Gasteiger partial charge in [0.1, 0.15) is 0 Å². The van der Waals surface area contributed by atoms with Crippen LogP contribution in [0.3, 0.4) is 0 Å². The number of fused-ring (bicyclic) bond motifs is 1. The molecule has 0 fully saturated rings. The molecule has 0 aliphatic carbocycles. The predicted molar refractivity (Wildman–Crippen MR) is 101 cm³/mol. The molecule has 26 heavy (non-hydrogen) atoms. The third-order valence-corrected chi connectivity index (χ3v) is 5.03. The SMILES string of the molecule is Cc1ccccc1N(C(=O)c1ccnc(F)c1)c1nc2ccccc2s1. The van der Waals surface area contributed by atoms with Gasteiger partial charge in [0.25, 0.3) is 5.91 Å². The van der Waals surface area contributed by atoms with Crippen molar-refractivity contribution < 1.29 is 9.18 Å². The van der Waals surface area contributed by atoms with E-state index in [0.717, 1.165) is 21.8 Å². The number of pyridine rings is 1. The number of carbonyl (C=O) groups is 1. The van der Waals surface area contributed by atoms with Crippen LogP contribution in [0.5, 0.6) is 0 Å². The first-order valence-corrected chi connectivity index (χ1v) is 8.82. The number of hydrogen-bond donors (Lipinski definition) is 0. The molecule has 6 heteroatoms. The Labute approximate surface area is 153 Å². The van der Waals surface area contributed by atoms with Gasteiger partial charge in [-0.2, -0.15) is 4.39 Å². The van der Waals surface area contributed by atoms with Gasteiger partial charge in [-0.25, -0.2) is 9.97 Å². The van der Waals surface area contributed by atoms with Gasteiger partial charge in [-0.1, -0.05) is 41.7 Å². The van der Waals surface area contributed by atoms with Crippen LogP contribution in [0.4, 0.5) is 15.2 Å². The molecule has 0 aliphatic rings. The van der Waals surface area contributed by atoms with Gasteiger partial charge in [0.2, 0.25) is 5.95 Å². The van der Waals surface area contributed by atoms with Crippen molar-refractivity contribution in [2.75, 3.05) is 4.90 Å². The molecule has 128 valence electrons. The van der Waals surface area contributed by atoms with Crippen LogP contribution < -0.4 is 4.90 Å². The minimum atomic E-state index is -0.690. The summed E-state index contributed by atoms with van der Waals surface area (Å²) in [6, 6.07) is 17.9. The molecular formula is C20H14FN3OS. The standard InChI is InChI=1S/C20H14FN3OS/c1-13-6-2-4-8-16(13)24(19(25)14-10-11-22-18(21)12-14)20-23-15-7-3-5-9-17(15)26-20/h2-12H,1H3. The molecular weight excluding hydrogens is 349 g/mol. The highest BCUT2D eigenvalue weighted by Crippen LogP contribution is 2.35. The van der Waals surface area contributed by atoms with E-state index in [4.69, 9.17) is 0 Å². The Balaban J connectivity index is 1.89. The topological polar surface area (TPSA) is 46.1 Å². The van der Waals surface area contributed by atoms with Crippen molar-refractivity contribution >= 4 is 38.3 Å². The molecule has 2 heterocycles. The highest BCUT2D eigenvalue weighted by Gasteiger charge is 2.24. The third kappa shape index (κ3) is 2.95. The number of amides is 1. The van der Waals surface area contributed by atoms with Gasteiger partial charge < -0.3 is 0 Å². The van der Waals surface area contributed by atoms with Gasteiger partial charge in [0, 0.05) is 17.8 Å². The molecule has 0 saturated heterocycles. The molecule has 0 spiro atoms. The first kappa shape index (κ1) is 16.4. The summed E-state index contributed by atoms with van der Waals surface area (Å²) in [4.78, 5) is 22.9. The molecule has 4 aromatic rings. The van der Waals surface area contributed by atoms with Crippen molar-refractivity contribution in [3.8, 4) is 0 Å². The smallest absolute Gasteiger partial charge is 0.264 e. The number of halogens is 1. The molecule has 0 N–H and O–H groups in total. The van der Waals surface area contributed by atoms with Gasteiger partial charge in [-0.15, -0.1) is 0 Å². The number of aryl methyl sites for hydroxylation is 1. The van der Waals surface area contributed by atoms with Gasteiger partial charge in [0.05, 0.1) is 15.9 Å². The average molecular weight is 363 g/mol. The van der Waals surface area contributed by atoms with E-state index in [1.54, 1.807) is 0 Å². The van der Waals surface area contributed by atoms with Crippen LogP contribution in [-0.2, 0) is 0 Å². The monoisotopic (exact) mass is 363 g/mol. The molecule has 0 bridgehead atoms. The number of anilines is 2. The van der Waals surface area contributed by atoms with Gasteiger partial charge in [-0.05, 0) is 36.8 Å². The molecule has 0 unspecified atom stereocenters. The minimum Gasteiger partial charge on any atom is -0.268 e. The maximum atomic E-state index is 13.5. The van der Waals surface area contributed by atoms with Crippen LogP contribution in [0.2, 0.25) is 0 Å². The summed E-state index contributed by atoms with van der Waals surface area (Å²) in [5.74, 6) is -1.04. The van der Waals surface area contributed by atoms with E-state index >= 15 is 0 Å². The number of carbonyl (C=O) groups excluding carboxylic acids is 1. The summed E-state index contributed by atoms with van der Waals surface area (Å²) >= 11 is 1.42. The number of nitrogens with zero attached hydrogens (tertiary/aromatic N) is 3. The fourth-order valence-electron chi connectivity index (χ4n) is 2.73. The molecule has 4 nitrogen and oxygen atoms in total. The van der Waals surface area contributed by atoms with Gasteiger partial charge in [0.15, 0.2) is 5.13 Å². The van der Waals surface area contributed by atoms with E-state index < -0.39 is 5.95 Å². The molecule has 0 atom stereocenters. The third-order valence-electron chi connectivity index (χ3n) is 4.01. The highest BCUT2D eigenvalue weighted by molar-refractivity contribution is 7.22. The van der Waals surface area contributed by atoms with E-state index in [-0.39, 0.29) is 11.5 Å². The lowest BCUT2D eigenvalue weighted by molar-refractivity contribution is 0.0998. The predicted octanol–water partition coefficient (Wildman–Crippen LogP) is 5.12. The van der Waals surface area contributed by atoms with Gasteiger partial charge >= 0.3 is 0 Å². The van der Waals surface area contributed by atoms with Crippen LogP contribution in [-0.4, -0.2) is 15.9 Å². The van der Waals surface area contributed by atoms with E-state index in [2.05, 4.69) is 9.97 Å². The first-order chi connectivity index (χ1) is 12.6. The maximum absolute atomic E-state index is 13.5. The number of para-hydroxylation sites is 2. The lowest BCUT2D eigenvalue weighted by atomic mass is 10.1. The van der Waals surface area contributed by atoms with Crippen LogP contribution in [0.15, 0.2) is 66.9 Å². The summed E-state index contributed by atoms with van der Waals surface area (Å²) in [7, 11) is 0. The van der Waals surface area contributed by atoms with Crippen molar-refractivity contribution in [3.63, 3.8) is 0 Å². The average Bonchev–Trinajstić information content (AvgIpc) is 3.07. The van der Waals surface area contributed by atoms with E-state index in [1.165, 1.54) is 28.5 Å². The number of thiazole rings is 1. The quantitative estimate of drug-likeness (QED) is 0.475. The summed E-state index contributed by atoms with van der Waals surface area (Å²) in [6.07, 6.45) is 1.29. The fraction of sp³-hybridized carbons (Fsp3) is 0.0500. The maximum Gasteiger partial charge on any atom is 0.264 e. The van der Waals surface area contributed by atoms with E-state index in [0.29, 0.717) is 10.8 Å². The first-order valence-electron chi connectivity index (χ1n) is 8.01. The van der Waals surface area contributed by atoms with Crippen molar-refractivity contribution in [3.05, 3.63) is 83.9 Å². The van der Waals surface area contributed by atoms with Crippen LogP contribution in [0, 0.1) is 12.9 Å². The highest BCUT2D eigenvalue weighted by atomic mass is 32.1. The van der Waals surface area contributed by atoms with E-state index in [9.17, 15) is 9.18 Å². The number of rotatable bonds is 3. The molecule has 1 amide bonds. The molecule has 4 rings (SSSR count). The number of benzene rings is 2. The fourth-order valence-corrected chi connectivity index (χ4v) is 3.71. The van der Waals surface area contributed by atoms with Crippen LogP contribution >= 0.6 is 11.3 Å². The van der Waals surface area contributed by atoms with Crippen molar-refractivity contribution in [2.24, 2.45) is 0 Å². The number of hydrogen-bond acceptors (Lipinski definition) is 4. The lowest BCUT2D eigenvalue weighted by Crippen LogP contribution is -2.26. The van der Waals surface area contributed by atoms with Gasteiger partial charge in [-0.3, -0.25) is 9.69 Å². The Morgan fingerprint density at radius 3 is 2.62 bits per heavy atom. The molecule has 0 aliphatic heterocycles. The van der Waals surface area contributed by atoms with Crippen molar-refractivity contribution in [1.29, 1.82) is 0 Å². The Hall–Kier alpha value is -3.12. The Morgan fingerprint density at radius 1 is 1.08 bits per heavy atom.